The van der Waals surface area contributed by atoms with E-state index in [-0.39, 0.29) is 0 Å². The first-order chi connectivity index (χ1) is 21.3. The normalized spacial score (nSPS) is 12.6. The van der Waals surface area contributed by atoms with E-state index in [1.807, 2.05) is 0 Å². The van der Waals surface area contributed by atoms with Crippen molar-refractivity contribution in [2.24, 2.45) is 0 Å². The van der Waals surface area contributed by atoms with Gasteiger partial charge < -0.3 is 0 Å². The van der Waals surface area contributed by atoms with Gasteiger partial charge in [0, 0.05) is 0 Å². The van der Waals surface area contributed by atoms with Crippen LogP contribution in [0.15, 0.2) is 182 Å². The molecule has 1 N–H and O–H groups in total. The molecule has 0 aliphatic carbocycles. The minimum atomic E-state index is -3.08. The van der Waals surface area contributed by atoms with E-state index in [9.17, 15) is 0 Å². The predicted molar refractivity (Wildman–Crippen MR) is 184 cm³/mol. The Bertz CT molecular complexity index is 1380. The summed E-state index contributed by atoms with van der Waals surface area (Å²) in [5.41, 5.74) is 3.95. The monoisotopic (exact) mass is 688 g/mol. The topological polar surface area (TPSA) is 24.5 Å². The van der Waals surface area contributed by atoms with Crippen LogP contribution in [0.25, 0.3) is 0 Å². The summed E-state index contributed by atoms with van der Waals surface area (Å²) in [6.07, 6.45) is 0. The summed E-state index contributed by atoms with van der Waals surface area (Å²) in [4.78, 5) is 0. The summed E-state index contributed by atoms with van der Waals surface area (Å²) in [6, 6.07) is 66.4. The van der Waals surface area contributed by atoms with Crippen molar-refractivity contribution in [3.05, 3.63) is 182 Å². The molecule has 0 saturated carbocycles. The second-order valence-corrected chi connectivity index (χ2v) is 18.5. The fourth-order valence-corrected chi connectivity index (χ4v) is 19.1. The van der Waals surface area contributed by atoms with Crippen LogP contribution in [0.4, 0.5) is 0 Å². The van der Waals surface area contributed by atoms with Gasteiger partial charge in [-0.05, 0) is 0 Å². The molecule has 0 heterocycles. The zero-order valence-electron chi connectivity index (χ0n) is 23.7. The van der Waals surface area contributed by atoms with Crippen LogP contribution in [0.2, 0.25) is 0 Å². The molecule has 0 aliphatic heterocycles. The van der Waals surface area contributed by atoms with E-state index in [0.717, 1.165) is 0 Å². The van der Waals surface area contributed by atoms with E-state index >= 15 is 0 Å². The molecule has 0 aliphatic rings. The van der Waals surface area contributed by atoms with Gasteiger partial charge in [0.2, 0.25) is 0 Å². The Hall–Kier alpha value is -3.32. The van der Waals surface area contributed by atoms with Crippen molar-refractivity contribution < 1.29 is 22.2 Å². The van der Waals surface area contributed by atoms with Gasteiger partial charge in [-0.25, -0.2) is 0 Å². The first kappa shape index (κ1) is 29.7. The van der Waals surface area contributed by atoms with Crippen molar-refractivity contribution >= 4 is 46.7 Å². The van der Waals surface area contributed by atoms with E-state index in [0.29, 0.717) is 6.73 Å². The Balaban J connectivity index is 1.85. The molecule has 0 unspecified atom stereocenters. The van der Waals surface area contributed by atoms with Crippen molar-refractivity contribution in [3.63, 3.8) is 0 Å². The zero-order chi connectivity index (χ0) is 29.4. The molecule has 0 atom stereocenters. The van der Waals surface area contributed by atoms with Gasteiger partial charge in [-0.3, -0.25) is 0 Å². The quantitative estimate of drug-likeness (QED) is 0.0842. The maximum atomic E-state index is 5.76. The molecule has 218 valence electrons. The summed E-state index contributed by atoms with van der Waals surface area (Å²) in [5, 5.41) is 7.76. The second kappa shape index (κ2) is 14.0. The van der Waals surface area contributed by atoms with Gasteiger partial charge in [-0.15, -0.1) is 0 Å². The Morgan fingerprint density at radius 1 is 0.395 bits per heavy atom. The molecule has 6 heteroatoms. The third-order valence-electron chi connectivity index (χ3n) is 8.09. The van der Waals surface area contributed by atoms with Crippen LogP contribution in [-0.2, 0) is 22.2 Å². The number of hydrogen-bond acceptors (Lipinski definition) is 3. The zero-order valence-corrected chi connectivity index (χ0v) is 27.4. The molecule has 3 nitrogen and oxygen atoms in total. The van der Waals surface area contributed by atoms with Gasteiger partial charge in [0.25, 0.3) is 0 Å². The Kier molecular flexibility index (Phi) is 9.67. The number of nitrogens with one attached hydrogen (secondary N) is 1. The van der Waals surface area contributed by atoms with Crippen molar-refractivity contribution in [2.75, 3.05) is 6.73 Å². The number of rotatable bonds is 11. The van der Waals surface area contributed by atoms with Crippen LogP contribution in [0.1, 0.15) is 0 Å². The molecule has 6 rings (SSSR count). The van der Waals surface area contributed by atoms with E-state index in [4.69, 9.17) is 3.56 Å². The molecule has 6 aromatic rings. The molecule has 0 amide bonds. The minimum absolute atomic E-state index is 0.315. The fourth-order valence-electron chi connectivity index (χ4n) is 6.43. The van der Waals surface area contributed by atoms with Crippen LogP contribution in [-0.4, -0.2) is 11.3 Å². The molecular formula is C37H35N2OP2Rh. The summed E-state index contributed by atoms with van der Waals surface area (Å²) < 4.78 is 8.45. The standard InChI is InChI=1S/C37H35N2OP2.Rh/c40-31-38-39(41(32-19-7-1-8-20-32,33-21-9-2-10-22-33)34-23-11-3-12-24-34)42(35-25-13-4-14-26-35,36-27-15-5-16-28-36)37-29-17-6-18-30-37;/h1-30,38,41-42H,31H2;/q-1;+1. The summed E-state index contributed by atoms with van der Waals surface area (Å²) in [7, 11) is -6.17. The van der Waals surface area contributed by atoms with E-state index < -0.39 is 14.8 Å². The van der Waals surface area contributed by atoms with Crippen LogP contribution >= 0.6 is 14.8 Å². The van der Waals surface area contributed by atoms with Crippen LogP contribution in [0, 0.1) is 0 Å². The second-order valence-electron chi connectivity index (χ2n) is 10.4. The van der Waals surface area contributed by atoms with Crippen molar-refractivity contribution in [1.82, 2.24) is 9.98 Å². The number of hydrogen-bond donors (Lipinski definition) is 1. The maximum absolute atomic E-state index is 5.76. The average Bonchev–Trinajstić information content (AvgIpc) is 3.10. The third-order valence-corrected chi connectivity index (χ3v) is 19.0. The first-order valence-corrected chi connectivity index (χ1v) is 19.0. The molecule has 0 aromatic heterocycles. The number of nitrogens with zero attached hydrogens (tertiary/aromatic N) is 1. The van der Waals surface area contributed by atoms with Crippen molar-refractivity contribution in [2.45, 2.75) is 0 Å². The molecule has 6 aromatic carbocycles. The Morgan fingerprint density at radius 3 is 0.791 bits per heavy atom. The third kappa shape index (κ3) is 5.57. The molecule has 0 saturated heterocycles. The number of hydrazine groups is 1. The molecule has 43 heavy (non-hydrogen) atoms. The summed E-state index contributed by atoms with van der Waals surface area (Å²) in [5.74, 6) is 0. The van der Waals surface area contributed by atoms with E-state index in [2.05, 4.69) is 211 Å². The predicted octanol–water partition coefficient (Wildman–Crippen LogP) is 5.51. The SMILES string of the molecule is [Rh][O]CNN([PH](c1ccccc1)(c1ccccc1)c1ccccc1)[PH](c1ccccc1)(c1ccccc1)c1ccccc1. The first-order valence-electron chi connectivity index (χ1n) is 14.4. The van der Waals surface area contributed by atoms with Crippen molar-refractivity contribution in [3.8, 4) is 0 Å². The van der Waals surface area contributed by atoms with Gasteiger partial charge in [0.05, 0.1) is 0 Å². The molecule has 0 spiro atoms. The Morgan fingerprint density at radius 2 is 0.605 bits per heavy atom. The van der Waals surface area contributed by atoms with Gasteiger partial charge in [-0.1, -0.05) is 0 Å². The van der Waals surface area contributed by atoms with Gasteiger partial charge in [0.1, 0.15) is 0 Å². The fraction of sp³-hybridized carbons (Fsp3) is 0.0270. The van der Waals surface area contributed by atoms with Crippen LogP contribution < -0.4 is 37.3 Å². The van der Waals surface area contributed by atoms with Crippen molar-refractivity contribution in [1.29, 1.82) is 0 Å². The summed E-state index contributed by atoms with van der Waals surface area (Å²) >= 11 is 2.66. The van der Waals surface area contributed by atoms with Crippen LogP contribution in [0.5, 0.6) is 0 Å². The van der Waals surface area contributed by atoms with Crippen LogP contribution in [0.3, 0.4) is 0 Å². The molecular weight excluding hydrogens is 653 g/mol. The average molecular weight is 689 g/mol. The molecule has 0 bridgehead atoms. The van der Waals surface area contributed by atoms with E-state index in [1.54, 1.807) is 0 Å². The van der Waals surface area contributed by atoms with Gasteiger partial charge >= 0.3 is 268 Å². The molecule has 0 radical (unpaired) electrons. The molecule has 0 fully saturated rings. The van der Waals surface area contributed by atoms with Gasteiger partial charge in [-0.2, -0.15) is 0 Å². The van der Waals surface area contributed by atoms with E-state index in [1.165, 1.54) is 31.8 Å². The van der Waals surface area contributed by atoms with Gasteiger partial charge in [0.15, 0.2) is 0 Å². The Labute approximate surface area is 266 Å². The summed E-state index contributed by atoms with van der Waals surface area (Å²) in [6.45, 7) is 0.315. The number of benzene rings is 6.